The molecule has 1 aliphatic heterocycles. The van der Waals surface area contributed by atoms with Gasteiger partial charge in [0, 0.05) is 12.6 Å². The molecule has 1 N–H and O–H groups in total. The Morgan fingerprint density at radius 3 is 2.77 bits per heavy atom. The molecule has 0 fully saturated rings. The van der Waals surface area contributed by atoms with E-state index in [0.29, 0.717) is 46.2 Å². The van der Waals surface area contributed by atoms with E-state index in [1.165, 1.54) is 17.9 Å². The van der Waals surface area contributed by atoms with Crippen molar-refractivity contribution < 1.29 is 24.1 Å². The number of carboxylic acids is 1. The van der Waals surface area contributed by atoms with Gasteiger partial charge in [-0.05, 0) is 28.1 Å². The molecule has 0 aliphatic carbocycles. The van der Waals surface area contributed by atoms with E-state index in [2.05, 4.69) is 21.0 Å². The second-order valence-electron chi connectivity index (χ2n) is 4.64. The number of fused-ring (bicyclic) bond motifs is 1. The molecule has 0 radical (unpaired) electrons. The molecule has 0 saturated heterocycles. The third-order valence-electron chi connectivity index (χ3n) is 3.31. The highest BCUT2D eigenvalue weighted by Gasteiger charge is 2.25. The standard InChI is InChI=1S/C14H13BrN2O5/c1-17-9(6-8(16-17)14(18)19)7-5-10-13(22-4-3-21-10)11(15)12(7)20-2/h5-6H,3-4H2,1-2H3,(H,18,19). The molecule has 2 aromatic rings. The lowest BCUT2D eigenvalue weighted by Crippen LogP contribution is -2.16. The van der Waals surface area contributed by atoms with Crippen LogP contribution in [0.25, 0.3) is 11.3 Å². The van der Waals surface area contributed by atoms with Crippen molar-refractivity contribution in [3.8, 4) is 28.5 Å². The zero-order valence-corrected chi connectivity index (χ0v) is 13.5. The first-order chi connectivity index (χ1) is 10.5. The molecule has 0 spiro atoms. The molecular weight excluding hydrogens is 356 g/mol. The number of aryl methyl sites for hydroxylation is 1. The monoisotopic (exact) mass is 368 g/mol. The van der Waals surface area contributed by atoms with Gasteiger partial charge in [0.25, 0.3) is 0 Å². The molecule has 1 aromatic carbocycles. The Morgan fingerprint density at radius 2 is 2.14 bits per heavy atom. The maximum absolute atomic E-state index is 11.1. The van der Waals surface area contributed by atoms with Crippen molar-refractivity contribution in [3.05, 3.63) is 22.3 Å². The van der Waals surface area contributed by atoms with Crippen molar-refractivity contribution in [2.75, 3.05) is 20.3 Å². The maximum atomic E-state index is 11.1. The lowest BCUT2D eigenvalue weighted by Gasteiger charge is -2.22. The third kappa shape index (κ3) is 2.29. The SMILES string of the molecule is COc1c(-c2cc(C(=O)O)nn2C)cc2c(c1Br)OCCO2. The number of hydrogen-bond acceptors (Lipinski definition) is 5. The number of benzene rings is 1. The van der Waals surface area contributed by atoms with E-state index in [1.807, 2.05) is 0 Å². The molecule has 2 heterocycles. The number of carbonyl (C=O) groups is 1. The van der Waals surface area contributed by atoms with Gasteiger partial charge in [0.2, 0.25) is 0 Å². The Morgan fingerprint density at radius 1 is 1.41 bits per heavy atom. The number of carboxylic acid groups (broad SMARTS) is 1. The number of aromatic carboxylic acids is 1. The molecule has 0 bridgehead atoms. The van der Waals surface area contributed by atoms with E-state index in [0.717, 1.165) is 0 Å². The fourth-order valence-electron chi connectivity index (χ4n) is 2.34. The predicted molar refractivity (Wildman–Crippen MR) is 80.8 cm³/mol. The van der Waals surface area contributed by atoms with Gasteiger partial charge in [-0.15, -0.1) is 0 Å². The Kier molecular flexibility index (Phi) is 3.69. The van der Waals surface area contributed by atoms with Gasteiger partial charge in [-0.3, -0.25) is 4.68 Å². The minimum Gasteiger partial charge on any atom is -0.495 e. The molecule has 1 aromatic heterocycles. The highest BCUT2D eigenvalue weighted by atomic mass is 79.9. The van der Waals surface area contributed by atoms with Crippen LogP contribution in [0, 0.1) is 0 Å². The normalized spacial score (nSPS) is 13.0. The molecule has 0 saturated carbocycles. The smallest absolute Gasteiger partial charge is 0.356 e. The van der Waals surface area contributed by atoms with E-state index in [-0.39, 0.29) is 5.69 Å². The second kappa shape index (κ2) is 5.53. The number of ether oxygens (including phenoxy) is 3. The Hall–Kier alpha value is -2.22. The van der Waals surface area contributed by atoms with E-state index >= 15 is 0 Å². The number of nitrogens with zero attached hydrogens (tertiary/aromatic N) is 2. The van der Waals surface area contributed by atoms with Gasteiger partial charge >= 0.3 is 5.97 Å². The van der Waals surface area contributed by atoms with Gasteiger partial charge in [-0.1, -0.05) is 0 Å². The largest absolute Gasteiger partial charge is 0.495 e. The summed E-state index contributed by atoms with van der Waals surface area (Å²) in [5.41, 5.74) is 1.23. The molecule has 7 nitrogen and oxygen atoms in total. The Labute approximate surface area is 134 Å². The lowest BCUT2D eigenvalue weighted by atomic mass is 10.1. The molecule has 116 valence electrons. The topological polar surface area (TPSA) is 82.8 Å². The molecule has 8 heteroatoms. The van der Waals surface area contributed by atoms with E-state index < -0.39 is 5.97 Å². The van der Waals surface area contributed by atoms with E-state index in [1.54, 1.807) is 13.1 Å². The summed E-state index contributed by atoms with van der Waals surface area (Å²) in [6.45, 7) is 0.917. The summed E-state index contributed by atoms with van der Waals surface area (Å²) in [4.78, 5) is 11.1. The summed E-state index contributed by atoms with van der Waals surface area (Å²) in [6, 6.07) is 3.25. The summed E-state index contributed by atoms with van der Waals surface area (Å²) in [5.74, 6) is 0.598. The van der Waals surface area contributed by atoms with Gasteiger partial charge in [0.1, 0.15) is 23.4 Å². The van der Waals surface area contributed by atoms with Crippen LogP contribution in [0.5, 0.6) is 17.2 Å². The number of hydrogen-bond donors (Lipinski definition) is 1. The van der Waals surface area contributed by atoms with Crippen molar-refractivity contribution in [2.45, 2.75) is 0 Å². The number of aromatic nitrogens is 2. The first-order valence-electron chi connectivity index (χ1n) is 6.46. The summed E-state index contributed by atoms with van der Waals surface area (Å²) in [6.07, 6.45) is 0. The highest BCUT2D eigenvalue weighted by Crippen LogP contribution is 2.48. The van der Waals surface area contributed by atoms with Gasteiger partial charge in [0.15, 0.2) is 17.2 Å². The van der Waals surface area contributed by atoms with Gasteiger partial charge in [0.05, 0.1) is 12.8 Å². The van der Waals surface area contributed by atoms with Gasteiger partial charge in [-0.25, -0.2) is 4.79 Å². The molecule has 0 unspecified atom stereocenters. The van der Waals surface area contributed by atoms with Gasteiger partial charge in [-0.2, -0.15) is 5.10 Å². The maximum Gasteiger partial charge on any atom is 0.356 e. The minimum absolute atomic E-state index is 0.0365. The summed E-state index contributed by atoms with van der Waals surface area (Å²) in [5, 5.41) is 13.1. The van der Waals surface area contributed by atoms with E-state index in [9.17, 15) is 4.79 Å². The first-order valence-corrected chi connectivity index (χ1v) is 7.26. The van der Waals surface area contributed by atoms with Gasteiger partial charge < -0.3 is 19.3 Å². The summed E-state index contributed by atoms with van der Waals surface area (Å²) in [7, 11) is 3.21. The lowest BCUT2D eigenvalue weighted by molar-refractivity contribution is 0.0689. The van der Waals surface area contributed by atoms with Crippen LogP contribution in [0.2, 0.25) is 0 Å². The molecule has 0 amide bonds. The number of methoxy groups -OCH3 is 1. The predicted octanol–water partition coefficient (Wildman–Crippen LogP) is 2.33. The van der Waals surface area contributed by atoms with Crippen LogP contribution in [0.4, 0.5) is 0 Å². The zero-order valence-electron chi connectivity index (χ0n) is 11.9. The van der Waals surface area contributed by atoms with E-state index in [4.69, 9.17) is 19.3 Å². The number of halogens is 1. The second-order valence-corrected chi connectivity index (χ2v) is 5.43. The van der Waals surface area contributed by atoms with Crippen molar-refractivity contribution in [3.63, 3.8) is 0 Å². The average molecular weight is 369 g/mol. The quantitative estimate of drug-likeness (QED) is 0.894. The van der Waals surface area contributed by atoms with Crippen LogP contribution < -0.4 is 14.2 Å². The van der Waals surface area contributed by atoms with Crippen LogP contribution in [-0.4, -0.2) is 41.2 Å². The van der Waals surface area contributed by atoms with Crippen LogP contribution in [0.1, 0.15) is 10.5 Å². The summed E-state index contributed by atoms with van der Waals surface area (Å²) >= 11 is 3.46. The molecule has 22 heavy (non-hydrogen) atoms. The molecule has 1 aliphatic rings. The van der Waals surface area contributed by atoms with Crippen molar-refractivity contribution in [1.82, 2.24) is 9.78 Å². The Bertz CT molecular complexity index is 756. The van der Waals surface area contributed by atoms with Crippen molar-refractivity contribution in [2.24, 2.45) is 7.05 Å². The Balaban J connectivity index is 2.22. The van der Waals surface area contributed by atoms with Crippen LogP contribution >= 0.6 is 15.9 Å². The fraction of sp³-hybridized carbons (Fsp3) is 0.286. The van der Waals surface area contributed by atoms with Crippen LogP contribution in [-0.2, 0) is 7.05 Å². The third-order valence-corrected chi connectivity index (χ3v) is 4.03. The minimum atomic E-state index is -1.09. The average Bonchev–Trinajstić information content (AvgIpc) is 2.89. The molecule has 0 atom stereocenters. The number of rotatable bonds is 3. The zero-order chi connectivity index (χ0) is 15.9. The van der Waals surface area contributed by atoms with Crippen molar-refractivity contribution >= 4 is 21.9 Å². The fourth-order valence-corrected chi connectivity index (χ4v) is 3.03. The molecule has 3 rings (SSSR count). The molecular formula is C14H13BrN2O5. The van der Waals surface area contributed by atoms with Crippen LogP contribution in [0.3, 0.4) is 0 Å². The highest BCUT2D eigenvalue weighted by molar-refractivity contribution is 9.10. The summed E-state index contributed by atoms with van der Waals surface area (Å²) < 4.78 is 18.8. The first kappa shape index (κ1) is 14.7. The van der Waals surface area contributed by atoms with Crippen molar-refractivity contribution in [1.29, 1.82) is 0 Å². The van der Waals surface area contributed by atoms with Crippen LogP contribution in [0.15, 0.2) is 16.6 Å².